The van der Waals surface area contributed by atoms with Crippen LogP contribution < -0.4 is 0 Å². The van der Waals surface area contributed by atoms with E-state index >= 15 is 0 Å². The third-order valence-electron chi connectivity index (χ3n) is 6.15. The number of rotatable bonds is 23. The van der Waals surface area contributed by atoms with E-state index in [0.717, 1.165) is 11.8 Å². The van der Waals surface area contributed by atoms with Crippen LogP contribution in [0.2, 0.25) is 0 Å². The highest BCUT2D eigenvalue weighted by Gasteiger charge is 2.07. The van der Waals surface area contributed by atoms with Crippen molar-refractivity contribution in [3.05, 3.63) is 0 Å². The van der Waals surface area contributed by atoms with Crippen LogP contribution in [-0.4, -0.2) is 31.9 Å². The van der Waals surface area contributed by atoms with Crippen molar-refractivity contribution in [1.29, 1.82) is 0 Å². The van der Waals surface area contributed by atoms with Crippen molar-refractivity contribution in [2.24, 2.45) is 5.92 Å². The van der Waals surface area contributed by atoms with Crippen molar-refractivity contribution < 1.29 is 0 Å². The number of halogens is 1. The topological polar surface area (TPSA) is 3.24 Å². The number of alkyl halides is 1. The van der Waals surface area contributed by atoms with Crippen molar-refractivity contribution >= 4 is 11.6 Å². The first kappa shape index (κ1) is 33.4. The maximum absolute atomic E-state index is 6.21. The minimum atomic E-state index is 0.787. The second-order valence-electron chi connectivity index (χ2n) is 10.3. The molecule has 0 amide bonds. The summed E-state index contributed by atoms with van der Waals surface area (Å²) < 4.78 is 0. The quantitative estimate of drug-likeness (QED) is 0.108. The molecule has 0 heterocycles. The molecule has 0 saturated heterocycles. The highest BCUT2D eigenvalue weighted by Crippen LogP contribution is 2.21. The van der Waals surface area contributed by atoms with Gasteiger partial charge >= 0.3 is 0 Å². The molecular weight excluding hydrogens is 398 g/mol. The summed E-state index contributed by atoms with van der Waals surface area (Å²) in [6, 6.07) is 0. The van der Waals surface area contributed by atoms with E-state index in [1.165, 1.54) is 141 Å². The molecule has 0 N–H and O–H groups in total. The standard InChI is InChI=1S/C26H53Cl.C3H9N/c1-3-5-7-9-11-13-15-17-19-21-23-26(25-27)24-22-20-18-16-14-12-10-8-6-4-2;1-4(2)3/h26H,3-25H2,1-2H3;1-3H3. The second kappa shape index (κ2) is 30.2. The van der Waals surface area contributed by atoms with Gasteiger partial charge in [0, 0.05) is 5.88 Å². The Labute approximate surface area is 204 Å². The third-order valence-corrected chi connectivity index (χ3v) is 6.59. The van der Waals surface area contributed by atoms with Crippen LogP contribution in [-0.2, 0) is 0 Å². The van der Waals surface area contributed by atoms with E-state index in [1.54, 1.807) is 0 Å². The lowest BCUT2D eigenvalue weighted by molar-refractivity contribution is 0.433. The smallest absolute Gasteiger partial charge is 0.0251 e. The first-order valence-corrected chi connectivity index (χ1v) is 14.8. The van der Waals surface area contributed by atoms with Gasteiger partial charge in [-0.2, -0.15) is 0 Å². The van der Waals surface area contributed by atoms with E-state index < -0.39 is 0 Å². The summed E-state index contributed by atoms with van der Waals surface area (Å²) in [5.41, 5.74) is 0. The average molecular weight is 460 g/mol. The highest BCUT2D eigenvalue weighted by atomic mass is 35.5. The molecule has 0 saturated carbocycles. The lowest BCUT2D eigenvalue weighted by Crippen LogP contribution is -2.02. The summed E-state index contributed by atoms with van der Waals surface area (Å²) in [7, 11) is 6.00. The second-order valence-corrected chi connectivity index (χ2v) is 10.6. The van der Waals surface area contributed by atoms with Crippen LogP contribution in [0.3, 0.4) is 0 Å². The molecule has 0 unspecified atom stereocenters. The Hall–Kier alpha value is 0.250. The van der Waals surface area contributed by atoms with Gasteiger partial charge in [0.1, 0.15) is 0 Å². The molecule has 0 aromatic carbocycles. The molecule has 190 valence electrons. The molecule has 2 heteroatoms. The number of unbranched alkanes of at least 4 members (excludes halogenated alkanes) is 18. The predicted molar refractivity (Wildman–Crippen MR) is 147 cm³/mol. The van der Waals surface area contributed by atoms with Gasteiger partial charge < -0.3 is 4.90 Å². The molecule has 0 aromatic rings. The minimum absolute atomic E-state index is 0.787. The molecule has 0 radical (unpaired) electrons. The molecule has 0 atom stereocenters. The lowest BCUT2D eigenvalue weighted by atomic mass is 9.95. The molecular formula is C29H62ClN. The summed E-state index contributed by atoms with van der Waals surface area (Å²) in [6.45, 7) is 4.59. The van der Waals surface area contributed by atoms with Crippen LogP contribution >= 0.6 is 11.6 Å². The Morgan fingerprint density at radius 1 is 0.452 bits per heavy atom. The Balaban J connectivity index is 0. The van der Waals surface area contributed by atoms with Gasteiger partial charge in [-0.3, -0.25) is 0 Å². The largest absolute Gasteiger partial charge is 0.312 e. The van der Waals surface area contributed by atoms with Crippen molar-refractivity contribution in [3.63, 3.8) is 0 Å². The van der Waals surface area contributed by atoms with Crippen LogP contribution in [0.25, 0.3) is 0 Å². The predicted octanol–water partition coefficient (Wildman–Crippen LogP) is 10.6. The minimum Gasteiger partial charge on any atom is -0.312 e. The van der Waals surface area contributed by atoms with Gasteiger partial charge in [-0.15, -0.1) is 11.6 Å². The van der Waals surface area contributed by atoms with Crippen LogP contribution in [0, 0.1) is 5.92 Å². The van der Waals surface area contributed by atoms with Gasteiger partial charge in [0.05, 0.1) is 0 Å². The summed E-state index contributed by atoms with van der Waals surface area (Å²) in [4.78, 5) is 2.00. The maximum Gasteiger partial charge on any atom is 0.0251 e. The van der Waals surface area contributed by atoms with Gasteiger partial charge in [-0.25, -0.2) is 0 Å². The number of hydrogen-bond donors (Lipinski definition) is 0. The molecule has 0 aliphatic carbocycles. The zero-order valence-electron chi connectivity index (χ0n) is 22.7. The van der Waals surface area contributed by atoms with Crippen LogP contribution in [0.15, 0.2) is 0 Å². The Bertz CT molecular complexity index is 266. The first-order valence-electron chi connectivity index (χ1n) is 14.2. The van der Waals surface area contributed by atoms with Crippen molar-refractivity contribution in [2.45, 2.75) is 155 Å². The monoisotopic (exact) mass is 459 g/mol. The molecule has 0 aliphatic rings. The molecule has 0 bridgehead atoms. The maximum atomic E-state index is 6.21. The normalized spacial score (nSPS) is 11.2. The summed E-state index contributed by atoms with van der Waals surface area (Å²) in [5.74, 6) is 1.67. The van der Waals surface area contributed by atoms with Crippen molar-refractivity contribution in [2.75, 3.05) is 27.0 Å². The van der Waals surface area contributed by atoms with Crippen molar-refractivity contribution in [3.8, 4) is 0 Å². The lowest BCUT2D eigenvalue weighted by Gasteiger charge is -2.13. The van der Waals surface area contributed by atoms with Crippen molar-refractivity contribution in [1.82, 2.24) is 4.90 Å². The van der Waals surface area contributed by atoms with Gasteiger partial charge in [0.15, 0.2) is 0 Å². The SMILES string of the molecule is CCCCCCCCCCCCC(CCl)CCCCCCCCCCCC.CN(C)C. The molecule has 0 rings (SSSR count). The van der Waals surface area contributed by atoms with Crippen LogP contribution in [0.4, 0.5) is 0 Å². The molecule has 0 aromatic heterocycles. The Morgan fingerprint density at radius 3 is 0.903 bits per heavy atom. The molecule has 1 nitrogen and oxygen atoms in total. The summed E-state index contributed by atoms with van der Waals surface area (Å²) >= 11 is 6.21. The number of nitrogens with zero attached hydrogens (tertiary/aromatic N) is 1. The molecule has 0 spiro atoms. The van der Waals surface area contributed by atoms with E-state index in [4.69, 9.17) is 11.6 Å². The summed E-state index contributed by atoms with van der Waals surface area (Å²) in [5, 5.41) is 0. The fourth-order valence-corrected chi connectivity index (χ4v) is 4.45. The molecule has 31 heavy (non-hydrogen) atoms. The van der Waals surface area contributed by atoms with Gasteiger partial charge in [-0.1, -0.05) is 142 Å². The zero-order valence-corrected chi connectivity index (χ0v) is 23.4. The fourth-order valence-electron chi connectivity index (χ4n) is 4.14. The molecule has 0 fully saturated rings. The Morgan fingerprint density at radius 2 is 0.677 bits per heavy atom. The zero-order chi connectivity index (χ0) is 23.4. The van der Waals surface area contributed by atoms with E-state index in [9.17, 15) is 0 Å². The van der Waals surface area contributed by atoms with E-state index in [1.807, 2.05) is 26.0 Å². The van der Waals surface area contributed by atoms with Gasteiger partial charge in [0.25, 0.3) is 0 Å². The van der Waals surface area contributed by atoms with Crippen LogP contribution in [0.1, 0.15) is 155 Å². The van der Waals surface area contributed by atoms with E-state index in [-0.39, 0.29) is 0 Å². The average Bonchev–Trinajstić information content (AvgIpc) is 2.74. The van der Waals surface area contributed by atoms with Crippen LogP contribution in [0.5, 0.6) is 0 Å². The van der Waals surface area contributed by atoms with Gasteiger partial charge in [-0.05, 0) is 39.9 Å². The van der Waals surface area contributed by atoms with Gasteiger partial charge in [0.2, 0.25) is 0 Å². The first-order chi connectivity index (χ1) is 15.1. The van der Waals surface area contributed by atoms with E-state index in [2.05, 4.69) is 13.8 Å². The summed E-state index contributed by atoms with van der Waals surface area (Å²) in [6.07, 6.45) is 31.5. The van der Waals surface area contributed by atoms with E-state index in [0.29, 0.717) is 0 Å². The number of hydrogen-bond acceptors (Lipinski definition) is 1. The highest BCUT2D eigenvalue weighted by molar-refractivity contribution is 6.18. The fraction of sp³-hybridized carbons (Fsp3) is 1.00. The third kappa shape index (κ3) is 35.0. The Kier molecular flexibility index (Phi) is 32.6. The molecule has 0 aliphatic heterocycles.